The standard InChI is InChI=1S/C20H19F3N6O5/c1-27-13(17(31)29(19(27)34)5-4-14(30)18(32)33)8-28-9-24-16(26-28)11-6-12(10-2-3-10)25-15(7-11)20(21,22)23/h6-10,14,30H,2-5H2,1H3,(H,32,33)/b13-8-/t14-/m0/s1. The van der Waals surface area contributed by atoms with Crippen molar-refractivity contribution in [1.82, 2.24) is 29.5 Å². The van der Waals surface area contributed by atoms with Crippen LogP contribution >= 0.6 is 0 Å². The molecule has 180 valence electrons. The van der Waals surface area contributed by atoms with Crippen LogP contribution in [0.15, 0.2) is 24.2 Å². The lowest BCUT2D eigenvalue weighted by molar-refractivity contribution is -0.147. The van der Waals surface area contributed by atoms with E-state index < -0.39 is 35.9 Å². The van der Waals surface area contributed by atoms with Crippen LogP contribution in [0.1, 0.15) is 36.6 Å². The molecular weight excluding hydrogens is 461 g/mol. The first-order chi connectivity index (χ1) is 16.0. The molecule has 1 aliphatic heterocycles. The Kier molecular flexibility index (Phi) is 5.85. The molecule has 0 unspecified atom stereocenters. The number of hydrogen-bond donors (Lipinski definition) is 2. The van der Waals surface area contributed by atoms with E-state index in [4.69, 9.17) is 5.11 Å². The second-order valence-corrected chi connectivity index (χ2v) is 7.94. The van der Waals surface area contributed by atoms with Gasteiger partial charge in [0.25, 0.3) is 5.91 Å². The SMILES string of the molecule is CN1C(=O)N(CC[C@H](O)C(=O)O)C(=O)/C1=C/n1cnc(-c2cc(C3CC3)nc(C(F)(F)F)c2)n1. The molecule has 1 saturated carbocycles. The minimum Gasteiger partial charge on any atom is -0.479 e. The molecule has 1 atom stereocenters. The van der Waals surface area contributed by atoms with E-state index in [-0.39, 0.29) is 36.0 Å². The predicted molar refractivity (Wildman–Crippen MR) is 108 cm³/mol. The number of aliphatic hydroxyl groups is 1. The number of carbonyl (C=O) groups is 3. The average molecular weight is 480 g/mol. The Labute approximate surface area is 190 Å². The summed E-state index contributed by atoms with van der Waals surface area (Å²) in [4.78, 5) is 45.3. The van der Waals surface area contributed by atoms with Crippen LogP contribution in [-0.4, -0.2) is 77.4 Å². The molecule has 11 nitrogen and oxygen atoms in total. The van der Waals surface area contributed by atoms with Crippen molar-refractivity contribution < 1.29 is 37.8 Å². The number of aliphatic carboxylic acids is 1. The summed E-state index contributed by atoms with van der Waals surface area (Å²) in [6, 6.07) is 1.63. The first kappa shape index (κ1) is 23.4. The van der Waals surface area contributed by atoms with E-state index >= 15 is 0 Å². The highest BCUT2D eigenvalue weighted by molar-refractivity contribution is 6.13. The molecule has 0 aromatic carbocycles. The van der Waals surface area contributed by atoms with E-state index in [1.165, 1.54) is 25.6 Å². The van der Waals surface area contributed by atoms with Gasteiger partial charge in [-0.15, -0.1) is 5.10 Å². The van der Waals surface area contributed by atoms with E-state index in [1.807, 2.05) is 0 Å². The van der Waals surface area contributed by atoms with Crippen LogP contribution in [0.3, 0.4) is 0 Å². The van der Waals surface area contributed by atoms with Gasteiger partial charge in [-0.1, -0.05) is 0 Å². The Morgan fingerprint density at radius 1 is 1.29 bits per heavy atom. The molecule has 2 aliphatic rings. The fraction of sp³-hybridized carbons (Fsp3) is 0.400. The fourth-order valence-corrected chi connectivity index (χ4v) is 3.38. The number of carboxylic acids is 1. The molecular formula is C20H19F3N6O5. The lowest BCUT2D eigenvalue weighted by Gasteiger charge is -2.14. The van der Waals surface area contributed by atoms with E-state index in [9.17, 15) is 32.7 Å². The van der Waals surface area contributed by atoms with Crippen molar-refractivity contribution >= 4 is 24.1 Å². The summed E-state index contributed by atoms with van der Waals surface area (Å²) >= 11 is 0. The summed E-state index contributed by atoms with van der Waals surface area (Å²) in [5.74, 6) is -2.28. The fourth-order valence-electron chi connectivity index (χ4n) is 3.38. The highest BCUT2D eigenvalue weighted by Gasteiger charge is 2.39. The molecule has 4 rings (SSSR count). The van der Waals surface area contributed by atoms with Crippen molar-refractivity contribution in [3.05, 3.63) is 35.5 Å². The average Bonchev–Trinajstić information content (AvgIpc) is 3.49. The highest BCUT2D eigenvalue weighted by Crippen LogP contribution is 2.41. The summed E-state index contributed by atoms with van der Waals surface area (Å²) in [7, 11) is 1.32. The van der Waals surface area contributed by atoms with Gasteiger partial charge in [-0.3, -0.25) is 14.6 Å². The second kappa shape index (κ2) is 8.52. The Balaban J connectivity index is 1.58. The summed E-state index contributed by atoms with van der Waals surface area (Å²) < 4.78 is 41.0. The Hall–Kier alpha value is -3.81. The van der Waals surface area contributed by atoms with Gasteiger partial charge in [-0.05, 0) is 25.0 Å². The molecule has 1 saturated heterocycles. The largest absolute Gasteiger partial charge is 0.479 e. The number of carboxylic acid groups (broad SMARTS) is 1. The Morgan fingerprint density at radius 2 is 2.00 bits per heavy atom. The van der Waals surface area contributed by atoms with Crippen LogP contribution in [0.4, 0.5) is 18.0 Å². The number of imide groups is 1. The molecule has 2 aromatic rings. The minimum absolute atomic E-state index is 0.0208. The molecule has 3 heterocycles. The van der Waals surface area contributed by atoms with Gasteiger partial charge in [0.15, 0.2) is 11.9 Å². The number of likely N-dealkylation sites (N-methyl/N-ethyl adjacent to an activating group) is 1. The summed E-state index contributed by atoms with van der Waals surface area (Å²) in [5.41, 5.74) is -0.726. The van der Waals surface area contributed by atoms with Gasteiger partial charge in [0.2, 0.25) is 0 Å². The van der Waals surface area contributed by atoms with Gasteiger partial charge in [0.05, 0.1) is 6.20 Å². The number of aromatic nitrogens is 4. The van der Waals surface area contributed by atoms with Crippen LogP contribution in [0, 0.1) is 0 Å². The summed E-state index contributed by atoms with van der Waals surface area (Å²) in [6.07, 6.45) is -2.86. The maximum absolute atomic E-state index is 13.3. The second-order valence-electron chi connectivity index (χ2n) is 7.94. The smallest absolute Gasteiger partial charge is 0.433 e. The van der Waals surface area contributed by atoms with E-state index in [0.717, 1.165) is 33.4 Å². The monoisotopic (exact) mass is 480 g/mol. The highest BCUT2D eigenvalue weighted by atomic mass is 19.4. The van der Waals surface area contributed by atoms with Crippen LogP contribution in [0.5, 0.6) is 0 Å². The summed E-state index contributed by atoms with van der Waals surface area (Å²) in [6.45, 7) is -0.323. The molecule has 14 heteroatoms. The van der Waals surface area contributed by atoms with Gasteiger partial charge in [-0.25, -0.2) is 24.2 Å². The zero-order valence-electron chi connectivity index (χ0n) is 17.7. The van der Waals surface area contributed by atoms with Crippen LogP contribution < -0.4 is 0 Å². The van der Waals surface area contributed by atoms with Gasteiger partial charge in [0.1, 0.15) is 17.7 Å². The number of halogens is 3. The third kappa shape index (κ3) is 4.62. The van der Waals surface area contributed by atoms with Crippen molar-refractivity contribution in [3.8, 4) is 11.4 Å². The first-order valence-electron chi connectivity index (χ1n) is 10.2. The third-order valence-electron chi connectivity index (χ3n) is 5.41. The number of urea groups is 1. The van der Waals surface area contributed by atoms with E-state index in [2.05, 4.69) is 15.1 Å². The summed E-state index contributed by atoms with van der Waals surface area (Å²) in [5, 5.41) is 22.3. The number of carbonyl (C=O) groups excluding carboxylic acids is 2. The molecule has 0 spiro atoms. The molecule has 0 bridgehead atoms. The lowest BCUT2D eigenvalue weighted by Crippen LogP contribution is -2.35. The van der Waals surface area contributed by atoms with Gasteiger partial charge in [-0.2, -0.15) is 13.2 Å². The number of pyridine rings is 1. The maximum atomic E-state index is 13.3. The van der Waals surface area contributed by atoms with Crippen LogP contribution in [0.25, 0.3) is 17.6 Å². The number of amides is 3. The van der Waals surface area contributed by atoms with Gasteiger partial charge >= 0.3 is 18.2 Å². The molecule has 34 heavy (non-hydrogen) atoms. The molecule has 2 aromatic heterocycles. The topological polar surface area (TPSA) is 142 Å². The predicted octanol–water partition coefficient (Wildman–Crippen LogP) is 1.76. The molecule has 1 aliphatic carbocycles. The molecule has 0 radical (unpaired) electrons. The van der Waals surface area contributed by atoms with Crippen molar-refractivity contribution in [2.45, 2.75) is 37.5 Å². The molecule has 3 amide bonds. The minimum atomic E-state index is -4.64. The first-order valence-corrected chi connectivity index (χ1v) is 10.2. The maximum Gasteiger partial charge on any atom is 0.433 e. The van der Waals surface area contributed by atoms with E-state index in [1.54, 1.807) is 0 Å². The number of aliphatic hydroxyl groups excluding tert-OH is 1. The normalized spacial score (nSPS) is 18.8. The van der Waals surface area contributed by atoms with Crippen molar-refractivity contribution in [1.29, 1.82) is 0 Å². The van der Waals surface area contributed by atoms with Crippen molar-refractivity contribution in [3.63, 3.8) is 0 Å². The molecule has 2 fully saturated rings. The number of alkyl halides is 3. The Bertz CT molecular complexity index is 1190. The number of nitrogens with zero attached hydrogens (tertiary/aromatic N) is 6. The van der Waals surface area contributed by atoms with Crippen molar-refractivity contribution in [2.75, 3.05) is 13.6 Å². The van der Waals surface area contributed by atoms with E-state index in [0.29, 0.717) is 5.69 Å². The lowest BCUT2D eigenvalue weighted by atomic mass is 10.1. The molecule has 2 N–H and O–H groups in total. The van der Waals surface area contributed by atoms with Gasteiger partial charge < -0.3 is 10.2 Å². The van der Waals surface area contributed by atoms with Gasteiger partial charge in [0, 0.05) is 37.2 Å². The third-order valence-corrected chi connectivity index (χ3v) is 5.41. The van der Waals surface area contributed by atoms with Crippen molar-refractivity contribution in [2.24, 2.45) is 0 Å². The zero-order chi connectivity index (χ0) is 24.8. The number of rotatable bonds is 7. The number of hydrogen-bond acceptors (Lipinski definition) is 7. The Morgan fingerprint density at radius 3 is 2.62 bits per heavy atom. The van der Waals surface area contributed by atoms with Crippen LogP contribution in [0.2, 0.25) is 0 Å². The quantitative estimate of drug-likeness (QED) is 0.451. The zero-order valence-corrected chi connectivity index (χ0v) is 17.7. The van der Waals surface area contributed by atoms with Crippen LogP contribution in [-0.2, 0) is 15.8 Å².